The van der Waals surface area contributed by atoms with E-state index in [9.17, 15) is 22.7 Å². The predicted octanol–water partition coefficient (Wildman–Crippen LogP) is 5.95. The van der Waals surface area contributed by atoms with Crippen LogP contribution in [-0.4, -0.2) is 27.2 Å². The summed E-state index contributed by atoms with van der Waals surface area (Å²) in [6.07, 6.45) is -4.53. The second-order valence-electron chi connectivity index (χ2n) is 7.18. The Bertz CT molecular complexity index is 1160. The van der Waals surface area contributed by atoms with Crippen LogP contribution >= 0.6 is 0 Å². The van der Waals surface area contributed by atoms with Crippen molar-refractivity contribution in [2.75, 3.05) is 0 Å². The number of halogens is 4. The zero-order valence-electron chi connectivity index (χ0n) is 17.1. The number of phenolic OH excluding ortho intramolecular Hbond substituents is 1. The number of hydrogen-bond acceptors (Lipinski definition) is 3. The monoisotopic (exact) mass is 432 g/mol. The van der Waals surface area contributed by atoms with Crippen molar-refractivity contribution in [1.82, 2.24) is 9.55 Å². The average Bonchev–Trinajstić information content (AvgIpc) is 3.02. The minimum Gasteiger partial charge on any atom is -0.508 e. The molecule has 3 rings (SSSR count). The molecular formula is C22H20F4N4O. The van der Waals surface area contributed by atoms with Crippen LogP contribution in [0.3, 0.4) is 0 Å². The molecule has 3 aromatic rings. The summed E-state index contributed by atoms with van der Waals surface area (Å²) in [5.41, 5.74) is -0.217. The molecule has 0 saturated carbocycles. The molecule has 0 aliphatic carbocycles. The summed E-state index contributed by atoms with van der Waals surface area (Å²) >= 11 is 0. The largest absolute Gasteiger partial charge is 0.508 e. The van der Waals surface area contributed by atoms with Gasteiger partial charge in [-0.25, -0.2) is 19.4 Å². The summed E-state index contributed by atoms with van der Waals surface area (Å²) < 4.78 is 55.5. The molecule has 1 N–H and O–H groups in total. The van der Waals surface area contributed by atoms with Crippen LogP contribution in [0.4, 0.5) is 23.4 Å². The highest BCUT2D eigenvalue weighted by atomic mass is 19.4. The van der Waals surface area contributed by atoms with E-state index >= 15 is 0 Å². The third kappa shape index (κ3) is 4.50. The average molecular weight is 432 g/mol. The lowest BCUT2D eigenvalue weighted by atomic mass is 10.1. The molecule has 0 spiro atoms. The van der Waals surface area contributed by atoms with Crippen LogP contribution in [-0.2, 0) is 6.18 Å². The second-order valence-corrected chi connectivity index (χ2v) is 7.18. The third-order valence-corrected chi connectivity index (χ3v) is 4.54. The normalized spacial score (nSPS) is 12.5. The van der Waals surface area contributed by atoms with Gasteiger partial charge in [0.25, 0.3) is 0 Å². The molecule has 0 aliphatic heterocycles. The standard InChI is InChI=1S/C22H20F4N4O/c1-12(2)20-28-13(3)21(30(20)18-9-8-16(31)11-17(18)23)29-19(27-4)14-6-5-7-15(10-14)22(24,25)26/h5-12,31H,4H2,1-3H3/b29-19-. The molecule has 162 valence electrons. The van der Waals surface area contributed by atoms with Crippen molar-refractivity contribution in [3.8, 4) is 11.4 Å². The maximum atomic E-state index is 14.7. The number of hydrogen-bond donors (Lipinski definition) is 1. The molecule has 0 amide bonds. The van der Waals surface area contributed by atoms with Crippen molar-refractivity contribution >= 4 is 18.4 Å². The second kappa shape index (κ2) is 8.33. The van der Waals surface area contributed by atoms with Crippen LogP contribution in [0.2, 0.25) is 0 Å². The van der Waals surface area contributed by atoms with Gasteiger partial charge in [0.05, 0.1) is 16.9 Å². The number of aromatic nitrogens is 2. The lowest BCUT2D eigenvalue weighted by Crippen LogP contribution is -2.08. The van der Waals surface area contributed by atoms with Crippen LogP contribution in [0.15, 0.2) is 52.4 Å². The van der Waals surface area contributed by atoms with E-state index in [-0.39, 0.29) is 34.6 Å². The summed E-state index contributed by atoms with van der Waals surface area (Å²) in [4.78, 5) is 12.7. The number of rotatable bonds is 4. The smallest absolute Gasteiger partial charge is 0.416 e. The molecule has 0 saturated heterocycles. The first-order chi connectivity index (χ1) is 14.5. The van der Waals surface area contributed by atoms with Crippen molar-refractivity contribution in [3.63, 3.8) is 0 Å². The van der Waals surface area contributed by atoms with E-state index in [2.05, 4.69) is 21.7 Å². The molecule has 0 bridgehead atoms. The van der Waals surface area contributed by atoms with Crippen molar-refractivity contribution in [3.05, 3.63) is 70.9 Å². The Hall–Kier alpha value is -3.49. The third-order valence-electron chi connectivity index (χ3n) is 4.54. The van der Waals surface area contributed by atoms with Crippen LogP contribution in [0.25, 0.3) is 5.69 Å². The molecule has 2 aromatic carbocycles. The van der Waals surface area contributed by atoms with Crippen LogP contribution in [0.5, 0.6) is 5.75 Å². The fraction of sp³-hybridized carbons (Fsp3) is 0.227. The van der Waals surface area contributed by atoms with Crippen molar-refractivity contribution in [2.45, 2.75) is 32.9 Å². The van der Waals surface area contributed by atoms with Gasteiger partial charge in [0.2, 0.25) is 0 Å². The van der Waals surface area contributed by atoms with E-state index in [0.717, 1.165) is 18.2 Å². The summed E-state index contributed by atoms with van der Waals surface area (Å²) in [5, 5.41) is 9.55. The van der Waals surface area contributed by atoms with Gasteiger partial charge in [-0.1, -0.05) is 26.0 Å². The summed E-state index contributed by atoms with van der Waals surface area (Å²) in [5.74, 6) is -0.439. The van der Waals surface area contributed by atoms with Crippen molar-refractivity contribution in [1.29, 1.82) is 0 Å². The Morgan fingerprint density at radius 1 is 1.16 bits per heavy atom. The molecule has 1 heterocycles. The van der Waals surface area contributed by atoms with E-state index in [1.807, 2.05) is 13.8 Å². The van der Waals surface area contributed by atoms with Gasteiger partial charge in [-0.15, -0.1) is 0 Å². The quantitative estimate of drug-likeness (QED) is 0.315. The van der Waals surface area contributed by atoms with Crippen molar-refractivity contribution < 1.29 is 22.7 Å². The van der Waals surface area contributed by atoms with Crippen LogP contribution in [0, 0.1) is 12.7 Å². The van der Waals surface area contributed by atoms with Gasteiger partial charge in [-0.2, -0.15) is 13.2 Å². The Morgan fingerprint density at radius 2 is 1.87 bits per heavy atom. The Kier molecular flexibility index (Phi) is 5.97. The number of alkyl halides is 3. The fourth-order valence-electron chi connectivity index (χ4n) is 3.10. The molecule has 0 unspecified atom stereocenters. The van der Waals surface area contributed by atoms with Gasteiger partial charge in [-0.3, -0.25) is 4.57 Å². The maximum Gasteiger partial charge on any atom is 0.416 e. The number of aromatic hydroxyl groups is 1. The molecule has 0 fully saturated rings. The summed E-state index contributed by atoms with van der Waals surface area (Å²) in [6.45, 7) is 8.82. The van der Waals surface area contributed by atoms with Gasteiger partial charge in [0, 0.05) is 17.5 Å². The van der Waals surface area contributed by atoms with E-state index in [4.69, 9.17) is 0 Å². The molecular weight excluding hydrogens is 412 g/mol. The predicted molar refractivity (Wildman–Crippen MR) is 111 cm³/mol. The van der Waals surface area contributed by atoms with E-state index in [1.165, 1.54) is 28.8 Å². The van der Waals surface area contributed by atoms with Gasteiger partial charge in [-0.05, 0) is 37.9 Å². The summed E-state index contributed by atoms with van der Waals surface area (Å²) in [6, 6.07) is 8.22. The number of benzene rings is 2. The Balaban J connectivity index is 2.25. The molecule has 1 aromatic heterocycles. The highest BCUT2D eigenvalue weighted by Gasteiger charge is 2.31. The number of phenols is 1. The summed E-state index contributed by atoms with van der Waals surface area (Å²) in [7, 11) is 0. The Morgan fingerprint density at radius 3 is 2.45 bits per heavy atom. The van der Waals surface area contributed by atoms with Gasteiger partial charge >= 0.3 is 6.18 Å². The minimum absolute atomic E-state index is 0.0650. The van der Waals surface area contributed by atoms with E-state index < -0.39 is 17.6 Å². The first kappa shape index (κ1) is 22.2. The molecule has 0 radical (unpaired) electrons. The fourth-order valence-corrected chi connectivity index (χ4v) is 3.10. The topological polar surface area (TPSA) is 62.8 Å². The highest BCUT2D eigenvalue weighted by Crippen LogP contribution is 2.33. The lowest BCUT2D eigenvalue weighted by molar-refractivity contribution is -0.137. The SMILES string of the molecule is C=N/C(=N\c1c(C)nc(C(C)C)n1-c1ccc(O)cc1F)c1cccc(C(F)(F)F)c1. The maximum absolute atomic E-state index is 14.7. The molecule has 0 aliphatic rings. The zero-order chi connectivity index (χ0) is 22.9. The van der Waals surface area contributed by atoms with Gasteiger partial charge in [0.1, 0.15) is 11.6 Å². The van der Waals surface area contributed by atoms with Gasteiger partial charge in [0.15, 0.2) is 17.5 Å². The number of amidine groups is 1. The molecule has 5 nitrogen and oxygen atoms in total. The van der Waals surface area contributed by atoms with Crippen LogP contribution < -0.4 is 0 Å². The molecule has 31 heavy (non-hydrogen) atoms. The zero-order valence-corrected chi connectivity index (χ0v) is 17.1. The molecule has 0 atom stereocenters. The van der Waals surface area contributed by atoms with E-state index in [0.29, 0.717) is 11.5 Å². The van der Waals surface area contributed by atoms with Crippen LogP contribution in [0.1, 0.15) is 42.4 Å². The van der Waals surface area contributed by atoms with Crippen molar-refractivity contribution in [2.24, 2.45) is 9.98 Å². The first-order valence-corrected chi connectivity index (χ1v) is 9.34. The van der Waals surface area contributed by atoms with Gasteiger partial charge < -0.3 is 5.11 Å². The number of aliphatic imine (C=N–C) groups is 2. The lowest BCUT2D eigenvalue weighted by Gasteiger charge is -2.14. The number of aryl methyl sites for hydroxylation is 1. The first-order valence-electron chi connectivity index (χ1n) is 9.34. The van der Waals surface area contributed by atoms with E-state index in [1.54, 1.807) is 6.92 Å². The number of imidazole rings is 1. The minimum atomic E-state index is -4.53. The Labute approximate surface area is 176 Å². The number of nitrogens with zero attached hydrogens (tertiary/aromatic N) is 4. The highest BCUT2D eigenvalue weighted by molar-refractivity contribution is 6.03. The molecule has 9 heteroatoms.